The molecule has 1 aromatic carbocycles. The molecular weight excluding hydrogens is 732 g/mol. The molecule has 0 aliphatic rings. The van der Waals surface area contributed by atoms with Crippen molar-refractivity contribution < 1.29 is 47.8 Å². The maximum absolute atomic E-state index is 14.4. The number of esters is 3. The molecule has 322 valence electrons. The van der Waals surface area contributed by atoms with Crippen molar-refractivity contribution in [3.05, 3.63) is 35.9 Å². The Morgan fingerprint density at radius 3 is 1.44 bits per heavy atom. The molecule has 0 heterocycles. The van der Waals surface area contributed by atoms with Gasteiger partial charge in [-0.1, -0.05) is 85.7 Å². The first kappa shape index (κ1) is 50.7. The molecule has 1 rings (SSSR count). The van der Waals surface area contributed by atoms with Gasteiger partial charge in [-0.2, -0.15) is 0 Å². The highest BCUT2D eigenvalue weighted by atomic mass is 16.6. The summed E-state index contributed by atoms with van der Waals surface area (Å²) >= 11 is 0. The average molecular weight is 803 g/mol. The number of carbonyl (C=O) groups excluding carboxylic acids is 7. The highest BCUT2D eigenvalue weighted by Gasteiger charge is 2.40. The first-order valence-corrected chi connectivity index (χ1v) is 20.1. The van der Waals surface area contributed by atoms with E-state index in [1.54, 1.807) is 31.3 Å². The quantitative estimate of drug-likeness (QED) is 0.0891. The second-order valence-corrected chi connectivity index (χ2v) is 16.7. The van der Waals surface area contributed by atoms with Crippen LogP contribution < -0.4 is 5.32 Å². The number of amides is 3. The lowest BCUT2D eigenvalue weighted by Gasteiger charge is -2.34. The number of nitrogens with one attached hydrogen (secondary N) is 1. The predicted octanol–water partition coefficient (Wildman–Crippen LogP) is 4.46. The number of ether oxygens (including phenoxy) is 3. The zero-order valence-corrected chi connectivity index (χ0v) is 36.8. The third kappa shape index (κ3) is 16.6. The summed E-state index contributed by atoms with van der Waals surface area (Å²) in [5.41, 5.74) is 0.680. The topological polar surface area (TPSA) is 169 Å². The van der Waals surface area contributed by atoms with Gasteiger partial charge in [0.1, 0.15) is 24.4 Å². The smallest absolute Gasteiger partial charge is 0.329 e. The summed E-state index contributed by atoms with van der Waals surface area (Å²) in [4.78, 5) is 97.5. The van der Waals surface area contributed by atoms with Crippen LogP contribution in [0.15, 0.2) is 30.3 Å². The first-order valence-electron chi connectivity index (χ1n) is 20.1. The first-order chi connectivity index (χ1) is 26.5. The molecule has 1 N–H and O–H groups in total. The molecule has 14 nitrogen and oxygen atoms in total. The van der Waals surface area contributed by atoms with Gasteiger partial charge in [0.2, 0.25) is 0 Å². The fourth-order valence-corrected chi connectivity index (χ4v) is 6.42. The minimum atomic E-state index is -1.41. The Bertz CT molecular complexity index is 1470. The Morgan fingerprint density at radius 2 is 1.00 bits per heavy atom. The minimum absolute atomic E-state index is 0.0385. The van der Waals surface area contributed by atoms with Gasteiger partial charge in [0.25, 0.3) is 17.7 Å². The van der Waals surface area contributed by atoms with E-state index in [-0.39, 0.29) is 42.9 Å². The molecule has 0 unspecified atom stereocenters. The van der Waals surface area contributed by atoms with Crippen LogP contribution in [0.2, 0.25) is 0 Å². The van der Waals surface area contributed by atoms with Gasteiger partial charge in [-0.25, -0.2) is 9.59 Å². The lowest BCUT2D eigenvalue weighted by atomic mass is 10.0. The number of benzene rings is 1. The third-order valence-corrected chi connectivity index (χ3v) is 9.70. The number of carbonyl (C=O) groups is 7. The standard InChI is InChI=1S/C43H70N4O10/c1-26(2)20-33(25-48)45(12)38(49)30(9)56-42(53)35(22-28(5)6)47(14)40(51)37(24-32-18-16-15-17-19-32)57-43(54)36(23-29(7)8)46(13)39(50)31(10)55-41(52)34(44-11)21-27(3)4/h15-19,25-31,33-37,44H,20-24H2,1-14H3/t30-,31-,33+,34+,35+,36+,37-/m1/s1. The van der Waals surface area contributed by atoms with Crippen LogP contribution >= 0.6 is 0 Å². The summed E-state index contributed by atoms with van der Waals surface area (Å²) in [7, 11) is 5.97. The van der Waals surface area contributed by atoms with Gasteiger partial charge in [-0.3, -0.25) is 19.2 Å². The molecular formula is C43H70N4O10. The second-order valence-electron chi connectivity index (χ2n) is 16.7. The van der Waals surface area contributed by atoms with E-state index in [1.165, 1.54) is 49.7 Å². The Kier molecular flexibility index (Phi) is 21.7. The van der Waals surface area contributed by atoms with E-state index in [0.717, 1.165) is 0 Å². The predicted molar refractivity (Wildman–Crippen MR) is 218 cm³/mol. The van der Waals surface area contributed by atoms with Crippen molar-refractivity contribution in [3.8, 4) is 0 Å². The summed E-state index contributed by atoms with van der Waals surface area (Å²) in [6.07, 6.45) is -1.93. The third-order valence-electron chi connectivity index (χ3n) is 9.70. The Balaban J connectivity index is 3.44. The van der Waals surface area contributed by atoms with E-state index in [9.17, 15) is 33.6 Å². The highest BCUT2D eigenvalue weighted by molar-refractivity contribution is 5.92. The van der Waals surface area contributed by atoms with Crippen molar-refractivity contribution in [1.82, 2.24) is 20.0 Å². The number of nitrogens with zero attached hydrogens (tertiary/aromatic N) is 3. The molecule has 7 atom stereocenters. The molecule has 0 aliphatic heterocycles. The maximum atomic E-state index is 14.4. The van der Waals surface area contributed by atoms with E-state index in [0.29, 0.717) is 24.7 Å². The molecule has 1 aromatic rings. The molecule has 14 heteroatoms. The van der Waals surface area contributed by atoms with Crippen LogP contribution in [0.5, 0.6) is 0 Å². The monoisotopic (exact) mass is 803 g/mol. The van der Waals surface area contributed by atoms with Crippen LogP contribution in [0.4, 0.5) is 0 Å². The van der Waals surface area contributed by atoms with Gasteiger partial charge in [-0.05, 0) is 75.8 Å². The van der Waals surface area contributed by atoms with E-state index in [1.807, 2.05) is 61.5 Å². The average Bonchev–Trinajstić information content (AvgIpc) is 3.14. The second kappa shape index (κ2) is 24.4. The van der Waals surface area contributed by atoms with Crippen LogP contribution in [0.3, 0.4) is 0 Å². The number of hydrogen-bond acceptors (Lipinski definition) is 11. The summed E-state index contributed by atoms with van der Waals surface area (Å²) in [6, 6.07) is 5.31. The highest BCUT2D eigenvalue weighted by Crippen LogP contribution is 2.21. The summed E-state index contributed by atoms with van der Waals surface area (Å²) in [5.74, 6) is -3.96. The van der Waals surface area contributed by atoms with Gasteiger partial charge in [0.15, 0.2) is 18.3 Å². The molecule has 0 bridgehead atoms. The van der Waals surface area contributed by atoms with Crippen molar-refractivity contribution in [2.75, 3.05) is 28.2 Å². The molecule has 0 aliphatic carbocycles. The SMILES string of the molecule is CN[C@@H](CC(C)C)C(=O)O[C@H](C)C(=O)N(C)[C@@H](CC(C)C)C(=O)O[C@H](Cc1ccccc1)C(=O)N(C)[C@@H](CC(C)C)C(=O)O[C@H](C)C(=O)N(C)[C@H](C=O)CC(C)C. The summed E-state index contributed by atoms with van der Waals surface area (Å²) in [6.45, 7) is 18.2. The van der Waals surface area contributed by atoms with Crippen LogP contribution in [-0.4, -0.2) is 127 Å². The number of hydrogen-bond donors (Lipinski definition) is 1. The molecule has 0 radical (unpaired) electrons. The van der Waals surface area contributed by atoms with E-state index in [2.05, 4.69) is 5.32 Å². The number of aldehydes is 1. The lowest BCUT2D eigenvalue weighted by molar-refractivity contribution is -0.173. The van der Waals surface area contributed by atoms with Crippen molar-refractivity contribution in [3.63, 3.8) is 0 Å². The number of likely N-dealkylation sites (N-methyl/N-ethyl adjacent to an activating group) is 4. The molecule has 57 heavy (non-hydrogen) atoms. The molecule has 0 saturated heterocycles. The van der Waals surface area contributed by atoms with Crippen molar-refractivity contribution >= 4 is 41.9 Å². The molecule has 3 amide bonds. The van der Waals surface area contributed by atoms with E-state index < -0.39 is 78.1 Å². The van der Waals surface area contributed by atoms with Crippen LogP contribution in [0, 0.1) is 23.7 Å². The van der Waals surface area contributed by atoms with Gasteiger partial charge < -0.3 is 39.0 Å². The van der Waals surface area contributed by atoms with Crippen molar-refractivity contribution in [2.45, 2.75) is 144 Å². The summed E-state index contributed by atoms with van der Waals surface area (Å²) < 4.78 is 17.2. The zero-order valence-electron chi connectivity index (χ0n) is 36.8. The van der Waals surface area contributed by atoms with Gasteiger partial charge in [0, 0.05) is 27.6 Å². The Labute approximate surface area is 340 Å². The fourth-order valence-electron chi connectivity index (χ4n) is 6.42. The Morgan fingerprint density at radius 1 is 0.579 bits per heavy atom. The van der Waals surface area contributed by atoms with Crippen molar-refractivity contribution in [1.29, 1.82) is 0 Å². The molecule has 0 aromatic heterocycles. The van der Waals surface area contributed by atoms with Gasteiger partial charge in [-0.15, -0.1) is 0 Å². The van der Waals surface area contributed by atoms with Crippen LogP contribution in [0.1, 0.15) is 100 Å². The van der Waals surface area contributed by atoms with Crippen LogP contribution in [0.25, 0.3) is 0 Å². The van der Waals surface area contributed by atoms with E-state index >= 15 is 0 Å². The molecule has 0 spiro atoms. The largest absolute Gasteiger partial charge is 0.451 e. The van der Waals surface area contributed by atoms with Gasteiger partial charge >= 0.3 is 17.9 Å². The lowest BCUT2D eigenvalue weighted by Crippen LogP contribution is -2.53. The van der Waals surface area contributed by atoms with E-state index in [4.69, 9.17) is 14.2 Å². The van der Waals surface area contributed by atoms with Gasteiger partial charge in [0.05, 0.1) is 6.04 Å². The maximum Gasteiger partial charge on any atom is 0.329 e. The zero-order chi connectivity index (χ0) is 43.7. The molecule has 0 saturated carbocycles. The van der Waals surface area contributed by atoms with Crippen molar-refractivity contribution in [2.24, 2.45) is 23.7 Å². The molecule has 0 fully saturated rings. The summed E-state index contributed by atoms with van der Waals surface area (Å²) in [5, 5.41) is 2.92. The minimum Gasteiger partial charge on any atom is -0.451 e. The fraction of sp³-hybridized carbons (Fsp3) is 0.698. The normalized spacial score (nSPS) is 15.2. The Hall–Kier alpha value is -4.33. The van der Waals surface area contributed by atoms with Crippen LogP contribution in [-0.2, 0) is 54.2 Å². The number of rotatable bonds is 24.